The third kappa shape index (κ3) is 86.9. The molecule has 0 radical (unpaired) electrons. The Labute approximate surface area is 47.6 Å². The van der Waals surface area contributed by atoms with Gasteiger partial charge in [0.05, 0.1) is 0 Å². The van der Waals surface area contributed by atoms with Gasteiger partial charge in [-0.2, -0.15) is 5.92 Å². The molecular formula is C4H10Li-. The summed E-state index contributed by atoms with van der Waals surface area (Å²) in [4.78, 5) is 0. The van der Waals surface area contributed by atoms with E-state index in [9.17, 15) is 0 Å². The monoisotopic (exact) mass is 65.1 g/mol. The third-order valence-corrected chi connectivity index (χ3v) is 0. The van der Waals surface area contributed by atoms with Crippen LogP contribution in [0.3, 0.4) is 0 Å². The third-order valence-electron chi connectivity index (χ3n) is 0. The summed E-state index contributed by atoms with van der Waals surface area (Å²) in [6, 6.07) is 0. The van der Waals surface area contributed by atoms with E-state index in [-0.39, 0.29) is 20.3 Å². The number of hydrogen-bond acceptors (Lipinski definition) is 0. The normalized spacial score (nSPS) is 7.20. The fraction of sp³-hybridized carbons (Fsp3) is 0.750. The Morgan fingerprint density at radius 3 is 1.60 bits per heavy atom. The van der Waals surface area contributed by atoms with E-state index >= 15 is 0 Å². The molecule has 0 rings (SSSR count). The second-order valence-electron chi connectivity index (χ2n) is 1.39. The molecule has 0 aliphatic heterocycles. The molecule has 0 aromatic rings. The first-order valence-electron chi connectivity index (χ1n) is 1.56. The van der Waals surface area contributed by atoms with Gasteiger partial charge in [-0.1, -0.05) is 13.8 Å². The maximum absolute atomic E-state index is 3.64. The summed E-state index contributed by atoms with van der Waals surface area (Å²) in [5.74, 6) is 0.583. The van der Waals surface area contributed by atoms with Crippen molar-refractivity contribution in [3.05, 3.63) is 6.92 Å². The molecule has 0 spiro atoms. The second-order valence-corrected chi connectivity index (χ2v) is 1.39. The Bertz CT molecular complexity index is 12.3. The first-order valence-corrected chi connectivity index (χ1v) is 1.56. The van der Waals surface area contributed by atoms with E-state index < -0.39 is 0 Å². The number of hydrogen-bond donors (Lipinski definition) is 0. The van der Waals surface area contributed by atoms with Crippen LogP contribution in [0.1, 0.15) is 15.3 Å². The van der Waals surface area contributed by atoms with Crippen LogP contribution in [0, 0.1) is 12.8 Å². The van der Waals surface area contributed by atoms with Gasteiger partial charge in [0.2, 0.25) is 0 Å². The fourth-order valence-electron chi connectivity index (χ4n) is 0. The Kier molecular flexibility index (Phi) is 8.41. The van der Waals surface area contributed by atoms with Crippen LogP contribution in [0.15, 0.2) is 0 Å². The number of rotatable bonds is 0. The topological polar surface area (TPSA) is 0 Å². The molecule has 0 unspecified atom stereocenters. The molecular weight excluding hydrogens is 55.0 g/mol. The van der Waals surface area contributed by atoms with Crippen LogP contribution in [0.2, 0.25) is 0 Å². The van der Waals surface area contributed by atoms with Crippen LogP contribution in [0.25, 0.3) is 0 Å². The van der Waals surface area contributed by atoms with Gasteiger partial charge in [0, 0.05) is 0 Å². The molecule has 0 amide bonds. The average molecular weight is 65.1 g/mol. The average Bonchev–Trinajstić information content (AvgIpc) is 0.811. The first-order chi connectivity index (χ1) is 1.73. The van der Waals surface area contributed by atoms with Crippen molar-refractivity contribution in [3.8, 4) is 0 Å². The zero-order chi connectivity index (χ0) is 3.58. The van der Waals surface area contributed by atoms with Crippen LogP contribution >= 0.6 is 0 Å². The molecule has 5 heavy (non-hydrogen) atoms. The van der Waals surface area contributed by atoms with Crippen LogP contribution in [0.5, 0.6) is 0 Å². The molecule has 0 nitrogen and oxygen atoms in total. The van der Waals surface area contributed by atoms with E-state index in [1.54, 1.807) is 0 Å². The van der Waals surface area contributed by atoms with Crippen molar-refractivity contribution in [2.45, 2.75) is 13.8 Å². The molecule has 0 bridgehead atoms. The maximum atomic E-state index is 3.64. The van der Waals surface area contributed by atoms with Crippen LogP contribution < -0.4 is 18.9 Å². The van der Waals surface area contributed by atoms with Crippen LogP contribution in [-0.4, -0.2) is 0 Å². The summed E-state index contributed by atoms with van der Waals surface area (Å²) < 4.78 is 0. The molecule has 0 aliphatic carbocycles. The van der Waals surface area contributed by atoms with Crippen LogP contribution in [0.4, 0.5) is 0 Å². The van der Waals surface area contributed by atoms with Gasteiger partial charge in [-0.3, -0.25) is 0 Å². The zero-order valence-electron chi connectivity index (χ0n) is 5.28. The molecule has 0 saturated heterocycles. The summed E-state index contributed by atoms with van der Waals surface area (Å²) in [7, 11) is 0. The van der Waals surface area contributed by atoms with Gasteiger partial charge in [-0.25, -0.2) is 0 Å². The summed E-state index contributed by atoms with van der Waals surface area (Å²) in [5, 5.41) is 0. The van der Waals surface area contributed by atoms with E-state index in [1.165, 1.54) is 0 Å². The quantitative estimate of drug-likeness (QED) is 0.240. The van der Waals surface area contributed by atoms with E-state index in [0.29, 0.717) is 5.92 Å². The molecule has 28 valence electrons. The van der Waals surface area contributed by atoms with Crippen LogP contribution in [-0.2, 0) is 0 Å². The van der Waals surface area contributed by atoms with Crippen molar-refractivity contribution in [1.29, 1.82) is 0 Å². The summed E-state index contributed by atoms with van der Waals surface area (Å²) in [5.41, 5.74) is 0. The summed E-state index contributed by atoms with van der Waals surface area (Å²) in [6.07, 6.45) is 0. The van der Waals surface area contributed by atoms with Gasteiger partial charge in [0.1, 0.15) is 0 Å². The smallest absolute Gasteiger partial charge is 1.00 e. The van der Waals surface area contributed by atoms with Gasteiger partial charge < -0.3 is 8.35 Å². The van der Waals surface area contributed by atoms with E-state index in [1.807, 2.05) is 0 Å². The molecule has 0 N–H and O–H groups in total. The first kappa shape index (κ1) is 9.14. The minimum absolute atomic E-state index is 0. The van der Waals surface area contributed by atoms with E-state index in [0.717, 1.165) is 0 Å². The molecule has 0 heterocycles. The van der Waals surface area contributed by atoms with Gasteiger partial charge in [-0.05, 0) is 0 Å². The predicted molar refractivity (Wildman–Crippen MR) is 21.3 cm³/mol. The zero-order valence-corrected chi connectivity index (χ0v) is 4.28. The van der Waals surface area contributed by atoms with Crippen molar-refractivity contribution < 1.29 is 20.3 Å². The summed E-state index contributed by atoms with van der Waals surface area (Å²) >= 11 is 0. The van der Waals surface area contributed by atoms with E-state index in [4.69, 9.17) is 0 Å². The second kappa shape index (κ2) is 4.60. The Morgan fingerprint density at radius 2 is 1.60 bits per heavy atom. The Morgan fingerprint density at radius 1 is 1.60 bits per heavy atom. The largest absolute Gasteiger partial charge is 1.00 e. The van der Waals surface area contributed by atoms with Gasteiger partial charge in [0.25, 0.3) is 0 Å². The summed E-state index contributed by atoms with van der Waals surface area (Å²) in [6.45, 7) is 7.75. The molecule has 0 fully saturated rings. The molecule has 0 aliphatic rings. The fourth-order valence-corrected chi connectivity index (χ4v) is 0. The molecule has 0 aromatic heterocycles. The van der Waals surface area contributed by atoms with E-state index in [2.05, 4.69) is 20.8 Å². The van der Waals surface area contributed by atoms with Crippen molar-refractivity contribution in [2.75, 3.05) is 0 Å². The molecule has 0 saturated carbocycles. The maximum Gasteiger partial charge on any atom is 1.00 e. The van der Waals surface area contributed by atoms with Gasteiger partial charge >= 0.3 is 18.9 Å². The Balaban J connectivity index is -0.0000000450. The van der Waals surface area contributed by atoms with Crippen molar-refractivity contribution >= 4 is 0 Å². The molecule has 0 aromatic carbocycles. The van der Waals surface area contributed by atoms with Crippen molar-refractivity contribution in [3.63, 3.8) is 0 Å². The van der Waals surface area contributed by atoms with Gasteiger partial charge in [0.15, 0.2) is 0 Å². The minimum Gasteiger partial charge on any atom is -1.00 e. The van der Waals surface area contributed by atoms with Gasteiger partial charge in [-0.15, -0.1) is 0 Å². The predicted octanol–water partition coefficient (Wildman–Crippen LogP) is -1.41. The SMILES string of the molecule is [CH2-]C(C)C.[H-].[Li+]. The van der Waals surface area contributed by atoms with Crippen molar-refractivity contribution in [1.82, 2.24) is 0 Å². The minimum atomic E-state index is 0. The Hall–Kier alpha value is 0.597. The molecule has 1 heteroatoms. The van der Waals surface area contributed by atoms with Crippen molar-refractivity contribution in [2.24, 2.45) is 5.92 Å². The standard InChI is InChI=1S/C4H9.Li.H/c1-4(2)3;;/h4H,1H2,2-3H3;;/q-1;+1;-1. The molecule has 0 atom stereocenters.